The molecule has 3 aromatic rings. The van der Waals surface area contributed by atoms with Crippen LogP contribution < -0.4 is 0 Å². The Kier molecular flexibility index (Phi) is 4.91. The summed E-state index contributed by atoms with van der Waals surface area (Å²) >= 11 is 0. The van der Waals surface area contributed by atoms with Crippen LogP contribution in [0, 0.1) is 0 Å². The molecule has 27 heavy (non-hydrogen) atoms. The van der Waals surface area contributed by atoms with Crippen LogP contribution in [0.4, 0.5) is 0 Å². The smallest absolute Gasteiger partial charge is 0.258 e. The van der Waals surface area contributed by atoms with E-state index in [9.17, 15) is 4.79 Å². The van der Waals surface area contributed by atoms with E-state index in [0.29, 0.717) is 31.2 Å². The lowest BCUT2D eigenvalue weighted by atomic mass is 9.95. The maximum absolute atomic E-state index is 12.5. The molecule has 3 aromatic heterocycles. The molecule has 1 saturated heterocycles. The fraction of sp³-hybridized carbons (Fsp3) is 0.444. The highest BCUT2D eigenvalue weighted by Crippen LogP contribution is 2.28. The minimum atomic E-state index is -0.00199. The van der Waals surface area contributed by atoms with Crippen LogP contribution in [0.3, 0.4) is 0 Å². The van der Waals surface area contributed by atoms with Crippen molar-refractivity contribution >= 4 is 5.91 Å². The molecule has 0 N–H and O–H groups in total. The molecule has 1 aliphatic heterocycles. The molecule has 0 unspecified atom stereocenters. The lowest BCUT2D eigenvalue weighted by molar-refractivity contribution is -0.133. The average Bonchev–Trinajstić information content (AvgIpc) is 3.41. The van der Waals surface area contributed by atoms with Gasteiger partial charge in [-0.15, -0.1) is 0 Å². The Morgan fingerprint density at radius 2 is 2.04 bits per heavy atom. The van der Waals surface area contributed by atoms with Gasteiger partial charge in [-0.25, -0.2) is 9.67 Å². The van der Waals surface area contributed by atoms with Gasteiger partial charge in [0.25, 0.3) is 5.89 Å². The summed E-state index contributed by atoms with van der Waals surface area (Å²) in [4.78, 5) is 26.9. The number of carbonyl (C=O) groups excluding carboxylic acids is 1. The van der Waals surface area contributed by atoms with Crippen LogP contribution in [0.2, 0.25) is 0 Å². The van der Waals surface area contributed by atoms with Gasteiger partial charge in [0.2, 0.25) is 5.91 Å². The lowest BCUT2D eigenvalue weighted by Crippen LogP contribution is -2.38. The van der Waals surface area contributed by atoms with Crippen molar-refractivity contribution in [2.45, 2.75) is 38.1 Å². The van der Waals surface area contributed by atoms with Gasteiger partial charge in [-0.3, -0.25) is 9.78 Å². The normalized spacial score (nSPS) is 16.4. The fourth-order valence-corrected chi connectivity index (χ4v) is 3.32. The van der Waals surface area contributed by atoms with Crippen molar-refractivity contribution in [2.75, 3.05) is 13.1 Å². The first-order chi connectivity index (χ1) is 13.2. The van der Waals surface area contributed by atoms with Crippen LogP contribution in [0.25, 0.3) is 11.5 Å². The molecule has 0 spiro atoms. The predicted octanol–water partition coefficient (Wildman–Crippen LogP) is 2.08. The molecule has 0 saturated carbocycles. The molecule has 1 amide bonds. The molecule has 4 rings (SSSR count). The van der Waals surface area contributed by atoms with Crippen LogP contribution in [0.5, 0.6) is 0 Å². The van der Waals surface area contributed by atoms with Crippen molar-refractivity contribution in [2.24, 2.45) is 0 Å². The van der Waals surface area contributed by atoms with Crippen molar-refractivity contribution in [3.8, 4) is 11.5 Å². The number of rotatable bonds is 5. The number of amides is 1. The van der Waals surface area contributed by atoms with Crippen molar-refractivity contribution in [3.63, 3.8) is 0 Å². The Labute approximate surface area is 156 Å². The molecule has 1 atom stereocenters. The zero-order valence-corrected chi connectivity index (χ0v) is 15.1. The molecule has 1 fully saturated rings. The molecule has 1 aliphatic rings. The van der Waals surface area contributed by atoms with Gasteiger partial charge in [0.05, 0.1) is 6.04 Å². The Morgan fingerprint density at radius 3 is 2.74 bits per heavy atom. The third kappa shape index (κ3) is 3.86. The molecule has 0 aliphatic carbocycles. The predicted molar refractivity (Wildman–Crippen MR) is 95.4 cm³/mol. The first kappa shape index (κ1) is 17.3. The molecule has 0 radical (unpaired) electrons. The minimum absolute atomic E-state index is 0.00199. The van der Waals surface area contributed by atoms with Crippen LogP contribution >= 0.6 is 0 Å². The van der Waals surface area contributed by atoms with Gasteiger partial charge in [-0.05, 0) is 31.9 Å². The van der Waals surface area contributed by atoms with Gasteiger partial charge in [-0.2, -0.15) is 10.1 Å². The quantitative estimate of drug-likeness (QED) is 0.680. The summed E-state index contributed by atoms with van der Waals surface area (Å²) in [5.74, 6) is 1.57. The van der Waals surface area contributed by atoms with Crippen LogP contribution in [-0.4, -0.2) is 53.8 Å². The zero-order chi connectivity index (χ0) is 18.6. The van der Waals surface area contributed by atoms with E-state index in [1.54, 1.807) is 23.4 Å². The SMILES string of the molecule is C[C@@H](CC(=O)N1CCC(c2noc(-c3ccncc3)n2)CC1)n1cncn1. The van der Waals surface area contributed by atoms with Crippen LogP contribution in [0.1, 0.15) is 44.0 Å². The Hall–Kier alpha value is -3.10. The highest BCUT2D eigenvalue weighted by atomic mass is 16.5. The minimum Gasteiger partial charge on any atom is -0.343 e. The number of pyridine rings is 1. The molecule has 9 nitrogen and oxygen atoms in total. The molecule has 0 aromatic carbocycles. The molecule has 0 bridgehead atoms. The van der Waals surface area contributed by atoms with Crippen molar-refractivity contribution in [3.05, 3.63) is 43.0 Å². The third-order valence-electron chi connectivity index (χ3n) is 4.94. The second-order valence-electron chi connectivity index (χ2n) is 6.78. The summed E-state index contributed by atoms with van der Waals surface area (Å²) in [5, 5.41) is 8.24. The van der Waals surface area contributed by atoms with E-state index < -0.39 is 0 Å². The second-order valence-corrected chi connectivity index (χ2v) is 6.78. The highest BCUT2D eigenvalue weighted by Gasteiger charge is 2.28. The van der Waals surface area contributed by atoms with Crippen LogP contribution in [0.15, 0.2) is 41.7 Å². The number of likely N-dealkylation sites (tertiary alicyclic amines) is 1. The standard InChI is InChI=1S/C18H21N7O2/c1-13(25-12-20-11-21-25)10-16(26)24-8-4-14(5-9-24)17-22-18(27-23-17)15-2-6-19-7-3-15/h2-3,6-7,11-14H,4-5,8-10H2,1H3/t13-/m0/s1. The second kappa shape index (κ2) is 7.65. The number of aromatic nitrogens is 6. The zero-order valence-electron chi connectivity index (χ0n) is 15.1. The topological polar surface area (TPSA) is 103 Å². The number of hydrogen-bond acceptors (Lipinski definition) is 7. The van der Waals surface area contributed by atoms with E-state index >= 15 is 0 Å². The summed E-state index contributed by atoms with van der Waals surface area (Å²) in [7, 11) is 0. The first-order valence-corrected chi connectivity index (χ1v) is 9.06. The van der Waals surface area contributed by atoms with Gasteiger partial charge in [0, 0.05) is 43.4 Å². The Balaban J connectivity index is 1.32. The van der Waals surface area contributed by atoms with E-state index in [-0.39, 0.29) is 17.9 Å². The molecular weight excluding hydrogens is 346 g/mol. The van der Waals surface area contributed by atoms with Gasteiger partial charge in [0.15, 0.2) is 5.82 Å². The third-order valence-corrected chi connectivity index (χ3v) is 4.94. The Bertz CT molecular complexity index is 870. The van der Waals surface area contributed by atoms with E-state index in [1.807, 2.05) is 24.0 Å². The molecule has 140 valence electrons. The number of carbonyl (C=O) groups is 1. The highest BCUT2D eigenvalue weighted by molar-refractivity contribution is 5.76. The summed E-state index contributed by atoms with van der Waals surface area (Å²) in [6, 6.07) is 3.68. The maximum Gasteiger partial charge on any atom is 0.258 e. The summed E-state index contributed by atoms with van der Waals surface area (Å²) in [5.41, 5.74) is 0.860. The fourth-order valence-electron chi connectivity index (χ4n) is 3.32. The van der Waals surface area contributed by atoms with Crippen molar-refractivity contribution < 1.29 is 9.32 Å². The lowest BCUT2D eigenvalue weighted by Gasteiger charge is -2.31. The summed E-state index contributed by atoms with van der Waals surface area (Å²) < 4.78 is 7.10. The van der Waals surface area contributed by atoms with E-state index in [0.717, 1.165) is 18.4 Å². The molecule has 9 heteroatoms. The summed E-state index contributed by atoms with van der Waals surface area (Å²) in [6.07, 6.45) is 8.60. The maximum atomic E-state index is 12.5. The van der Waals surface area contributed by atoms with Crippen LogP contribution in [-0.2, 0) is 4.79 Å². The van der Waals surface area contributed by atoms with Gasteiger partial charge in [0.1, 0.15) is 12.7 Å². The van der Waals surface area contributed by atoms with Gasteiger partial charge < -0.3 is 9.42 Å². The Morgan fingerprint density at radius 1 is 1.26 bits per heavy atom. The number of hydrogen-bond donors (Lipinski definition) is 0. The molecular formula is C18H21N7O2. The monoisotopic (exact) mass is 367 g/mol. The van der Waals surface area contributed by atoms with E-state index in [2.05, 4.69) is 25.2 Å². The number of nitrogens with zero attached hydrogens (tertiary/aromatic N) is 7. The van der Waals surface area contributed by atoms with Gasteiger partial charge >= 0.3 is 0 Å². The summed E-state index contributed by atoms with van der Waals surface area (Å²) in [6.45, 7) is 3.37. The van der Waals surface area contributed by atoms with Crippen molar-refractivity contribution in [1.29, 1.82) is 0 Å². The molecule has 4 heterocycles. The van der Waals surface area contributed by atoms with Crippen molar-refractivity contribution in [1.82, 2.24) is 34.8 Å². The first-order valence-electron chi connectivity index (χ1n) is 9.06. The number of piperidine rings is 1. The van der Waals surface area contributed by atoms with E-state index in [4.69, 9.17) is 4.52 Å². The van der Waals surface area contributed by atoms with E-state index in [1.165, 1.54) is 6.33 Å². The average molecular weight is 367 g/mol. The van der Waals surface area contributed by atoms with Gasteiger partial charge in [-0.1, -0.05) is 5.16 Å². The largest absolute Gasteiger partial charge is 0.343 e.